The molecule has 10 heteroatoms. The molecule has 1 aliphatic heterocycles. The van der Waals surface area contributed by atoms with Crippen molar-refractivity contribution < 1.29 is 27.1 Å². The van der Waals surface area contributed by atoms with Gasteiger partial charge in [0.15, 0.2) is 0 Å². The zero-order valence-electron chi connectivity index (χ0n) is 20.5. The molecule has 1 aliphatic carbocycles. The smallest absolute Gasteiger partial charge is 0.378 e. The van der Waals surface area contributed by atoms with Crippen LogP contribution >= 0.6 is 0 Å². The first-order valence-corrected chi connectivity index (χ1v) is 12.1. The molecule has 0 spiro atoms. The molecule has 1 N–H and O–H groups in total. The third kappa shape index (κ3) is 4.70. The van der Waals surface area contributed by atoms with Gasteiger partial charge in [0.05, 0.1) is 30.3 Å². The van der Waals surface area contributed by atoms with Gasteiger partial charge < -0.3 is 15.0 Å². The van der Waals surface area contributed by atoms with Crippen LogP contribution in [0.15, 0.2) is 42.7 Å². The zero-order valence-corrected chi connectivity index (χ0v) is 20.5. The highest BCUT2D eigenvalue weighted by Gasteiger charge is 2.65. The summed E-state index contributed by atoms with van der Waals surface area (Å²) in [6.07, 6.45) is 3.79. The Hall–Kier alpha value is -3.97. The molecule has 3 aromatic rings. The fourth-order valence-corrected chi connectivity index (χ4v) is 4.67. The maximum Gasteiger partial charge on any atom is 0.399 e. The number of pyridine rings is 2. The van der Waals surface area contributed by atoms with Gasteiger partial charge >= 0.3 is 6.18 Å². The predicted molar refractivity (Wildman–Crippen MR) is 134 cm³/mol. The minimum absolute atomic E-state index is 0.0401. The lowest BCUT2D eigenvalue weighted by Gasteiger charge is -2.29. The van der Waals surface area contributed by atoms with Crippen LogP contribution in [-0.4, -0.2) is 48.4 Å². The Morgan fingerprint density at radius 1 is 1.16 bits per heavy atom. The number of hydrogen-bond acceptors (Lipinski definition) is 5. The highest BCUT2D eigenvalue weighted by atomic mass is 19.4. The number of hydrogen-bond donors (Lipinski definition) is 1. The fourth-order valence-electron chi connectivity index (χ4n) is 4.67. The zero-order chi connectivity index (χ0) is 27.1. The minimum atomic E-state index is -4.46. The summed E-state index contributed by atoms with van der Waals surface area (Å²) in [5, 5.41) is 2.50. The van der Waals surface area contributed by atoms with E-state index in [1.165, 1.54) is 24.4 Å². The molecule has 0 unspecified atom stereocenters. The van der Waals surface area contributed by atoms with Crippen molar-refractivity contribution in [3.8, 4) is 23.5 Å². The van der Waals surface area contributed by atoms with Crippen LogP contribution in [0.2, 0.25) is 0 Å². The van der Waals surface area contributed by atoms with Crippen LogP contribution in [0, 0.1) is 25.1 Å². The molecule has 38 heavy (non-hydrogen) atoms. The highest BCUT2D eigenvalue weighted by Crippen LogP contribution is 2.58. The number of alkyl halides is 3. The lowest BCUT2D eigenvalue weighted by Crippen LogP contribution is -2.36. The number of benzene rings is 1. The van der Waals surface area contributed by atoms with Crippen LogP contribution in [0.1, 0.15) is 40.2 Å². The first-order chi connectivity index (χ1) is 18.1. The molecule has 196 valence electrons. The van der Waals surface area contributed by atoms with Crippen molar-refractivity contribution in [3.63, 3.8) is 0 Å². The Morgan fingerprint density at radius 3 is 2.55 bits per heavy atom. The van der Waals surface area contributed by atoms with E-state index in [1.807, 2.05) is 6.07 Å². The third-order valence-corrected chi connectivity index (χ3v) is 7.03. The maximum atomic E-state index is 14.9. The standard InChI is InChI=1S/C28H24F4N4O2/c1-3-22-24(36-8-10-38-11-9-36)13-19(16-34-22)20-15-23(21(29)12-17(20)2)35-26(37)18-4-7-33-25(14-18)27(5-6-27)28(30,31)32/h1,4,7,12-16H,5-6,8-11H2,2H3,(H,35,37). The van der Waals surface area contributed by atoms with Gasteiger partial charge in [-0.25, -0.2) is 9.37 Å². The second kappa shape index (κ2) is 9.72. The SMILES string of the molecule is C#Cc1ncc(-c2cc(NC(=O)c3ccnc(C4(C(F)(F)F)CC4)c3)c(F)cc2C)cc1N1CCOCC1. The Balaban J connectivity index is 1.45. The van der Waals surface area contributed by atoms with Gasteiger partial charge in [-0.3, -0.25) is 9.78 Å². The van der Waals surface area contributed by atoms with Crippen LogP contribution in [0.3, 0.4) is 0 Å². The van der Waals surface area contributed by atoms with Gasteiger partial charge in [0.2, 0.25) is 0 Å². The quantitative estimate of drug-likeness (QED) is 0.365. The molecule has 0 radical (unpaired) electrons. The molecule has 2 aliphatic rings. The summed E-state index contributed by atoms with van der Waals surface area (Å²) in [5.74, 6) is 1.18. The minimum Gasteiger partial charge on any atom is -0.378 e. The lowest BCUT2D eigenvalue weighted by molar-refractivity contribution is -0.161. The summed E-state index contributed by atoms with van der Waals surface area (Å²) in [7, 11) is 0. The van der Waals surface area contributed by atoms with Crippen molar-refractivity contribution in [2.45, 2.75) is 31.4 Å². The number of amides is 1. The van der Waals surface area contributed by atoms with Crippen molar-refractivity contribution in [3.05, 3.63) is 71.1 Å². The maximum absolute atomic E-state index is 14.9. The van der Waals surface area contributed by atoms with Gasteiger partial charge in [-0.05, 0) is 67.1 Å². The summed E-state index contributed by atoms with van der Waals surface area (Å²) in [5.41, 5.74) is 0.745. The fraction of sp³-hybridized carbons (Fsp3) is 0.321. The summed E-state index contributed by atoms with van der Waals surface area (Å²) in [4.78, 5) is 23.3. The van der Waals surface area contributed by atoms with Gasteiger partial charge in [0, 0.05) is 36.6 Å². The molecule has 1 saturated carbocycles. The molecule has 1 amide bonds. The van der Waals surface area contributed by atoms with Gasteiger partial charge in [-0.1, -0.05) is 0 Å². The van der Waals surface area contributed by atoms with E-state index in [2.05, 4.69) is 26.1 Å². The van der Waals surface area contributed by atoms with Crippen LogP contribution in [0.4, 0.5) is 28.9 Å². The molecule has 1 saturated heterocycles. The molecule has 3 heterocycles. The number of morpholine rings is 1. The average molecular weight is 525 g/mol. The van der Waals surface area contributed by atoms with Gasteiger partial charge in [0.25, 0.3) is 5.91 Å². The molecule has 5 rings (SSSR count). The number of carbonyl (C=O) groups is 1. The van der Waals surface area contributed by atoms with Crippen LogP contribution < -0.4 is 10.2 Å². The molecule has 0 bridgehead atoms. The van der Waals surface area contributed by atoms with E-state index in [-0.39, 0.29) is 29.8 Å². The van der Waals surface area contributed by atoms with Gasteiger partial charge in [-0.15, -0.1) is 6.42 Å². The molecule has 1 aromatic carbocycles. The second-order valence-electron chi connectivity index (χ2n) is 9.45. The number of nitrogens with zero attached hydrogens (tertiary/aromatic N) is 3. The number of terminal acetylenes is 1. The normalized spacial score (nSPS) is 16.6. The number of anilines is 2. The van der Waals surface area contributed by atoms with Crippen LogP contribution in [0.5, 0.6) is 0 Å². The van der Waals surface area contributed by atoms with Gasteiger partial charge in [0.1, 0.15) is 16.9 Å². The second-order valence-corrected chi connectivity index (χ2v) is 9.45. The Morgan fingerprint density at radius 2 is 1.89 bits per heavy atom. The van der Waals surface area contributed by atoms with E-state index in [1.54, 1.807) is 13.1 Å². The first kappa shape index (κ1) is 25.7. The van der Waals surface area contributed by atoms with E-state index >= 15 is 0 Å². The first-order valence-electron chi connectivity index (χ1n) is 12.1. The summed E-state index contributed by atoms with van der Waals surface area (Å²) in [6.45, 7) is 4.14. The molecule has 0 atom stereocenters. The highest BCUT2D eigenvalue weighted by molar-refractivity contribution is 6.04. The summed E-state index contributed by atoms with van der Waals surface area (Å²) < 4.78 is 60.9. The molecule has 2 fully saturated rings. The Bertz CT molecular complexity index is 1440. The summed E-state index contributed by atoms with van der Waals surface area (Å²) in [6, 6.07) is 7.07. The van der Waals surface area contributed by atoms with Crippen molar-refractivity contribution in [1.82, 2.24) is 9.97 Å². The van der Waals surface area contributed by atoms with E-state index in [0.29, 0.717) is 48.7 Å². The predicted octanol–water partition coefficient (Wildman–Crippen LogP) is 5.26. The van der Waals surface area contributed by atoms with E-state index < -0.39 is 23.3 Å². The van der Waals surface area contributed by atoms with Crippen molar-refractivity contribution >= 4 is 17.3 Å². The van der Waals surface area contributed by atoms with Crippen LogP contribution in [0.25, 0.3) is 11.1 Å². The third-order valence-electron chi connectivity index (χ3n) is 7.03. The monoisotopic (exact) mass is 524 g/mol. The number of aromatic nitrogens is 2. The number of carbonyl (C=O) groups excluding carboxylic acids is 1. The topological polar surface area (TPSA) is 67.4 Å². The van der Waals surface area contributed by atoms with Crippen molar-refractivity contribution in [2.75, 3.05) is 36.5 Å². The van der Waals surface area contributed by atoms with Gasteiger partial charge in [-0.2, -0.15) is 13.2 Å². The lowest BCUT2D eigenvalue weighted by atomic mass is 9.98. The molecular formula is C28H24F4N4O2. The Kier molecular flexibility index (Phi) is 6.57. The molecular weight excluding hydrogens is 500 g/mol. The Labute approximate surface area is 217 Å². The average Bonchev–Trinajstić information content (AvgIpc) is 3.73. The molecule has 2 aromatic heterocycles. The number of ether oxygens (including phenoxy) is 1. The number of rotatable bonds is 5. The number of halogens is 4. The van der Waals surface area contributed by atoms with Crippen molar-refractivity contribution in [2.24, 2.45) is 0 Å². The van der Waals surface area contributed by atoms with E-state index in [0.717, 1.165) is 11.8 Å². The van der Waals surface area contributed by atoms with E-state index in [9.17, 15) is 22.4 Å². The van der Waals surface area contributed by atoms with E-state index in [4.69, 9.17) is 11.2 Å². The van der Waals surface area contributed by atoms with Crippen LogP contribution in [-0.2, 0) is 10.2 Å². The molecule has 6 nitrogen and oxygen atoms in total. The largest absolute Gasteiger partial charge is 0.399 e. The summed E-state index contributed by atoms with van der Waals surface area (Å²) >= 11 is 0. The number of aryl methyl sites for hydroxylation is 1. The van der Waals surface area contributed by atoms with Crippen molar-refractivity contribution in [1.29, 1.82) is 0 Å². The number of nitrogens with one attached hydrogen (secondary N) is 1.